The molecule has 9 nitrogen and oxygen atoms in total. The standard InChI is InChI=1S/C33H47F3N4O5/c1-31(2,3)45-30(42)39-13-7-22(8-14-39)5-11-32(12-6-25(18-32)38-27-10-16-44-21-28(27)43-4)29(41)40-15-9-26-23(20-40)17-24(19-37-26)33(34,35)36/h6,12,17,19,22,25,27-28,38H,5,7-11,13-16,18,20-21H2,1-4H3/t25-,27+,28-,32+/m1/s1. The number of pyridine rings is 1. The van der Waals surface area contributed by atoms with Crippen LogP contribution < -0.4 is 5.32 Å². The third-order valence-corrected chi connectivity index (χ3v) is 9.61. The summed E-state index contributed by atoms with van der Waals surface area (Å²) >= 11 is 0. The lowest BCUT2D eigenvalue weighted by molar-refractivity contribution is -0.141. The lowest BCUT2D eigenvalue weighted by Gasteiger charge is -2.39. The molecule has 1 aliphatic carbocycles. The van der Waals surface area contributed by atoms with Crippen LogP contribution in [0.15, 0.2) is 24.4 Å². The second-order valence-electron chi connectivity index (χ2n) is 14.0. The zero-order chi connectivity index (χ0) is 32.4. The molecule has 45 heavy (non-hydrogen) atoms. The summed E-state index contributed by atoms with van der Waals surface area (Å²) in [5.41, 5.74) is -1.05. The number of piperidine rings is 1. The Hall–Kier alpha value is -2.70. The smallest absolute Gasteiger partial charge is 0.417 e. The number of alkyl halides is 3. The Morgan fingerprint density at radius 2 is 1.89 bits per heavy atom. The zero-order valence-corrected chi connectivity index (χ0v) is 26.8. The molecular weight excluding hydrogens is 589 g/mol. The van der Waals surface area contributed by atoms with Gasteiger partial charge >= 0.3 is 12.3 Å². The molecule has 0 unspecified atom stereocenters. The molecule has 4 atom stereocenters. The summed E-state index contributed by atoms with van der Waals surface area (Å²) in [6.07, 6.45) is 5.01. The molecule has 0 bridgehead atoms. The molecule has 1 aromatic heterocycles. The number of halogens is 3. The second-order valence-corrected chi connectivity index (χ2v) is 14.0. The van der Waals surface area contributed by atoms with Gasteiger partial charge in [0.05, 0.1) is 23.7 Å². The highest BCUT2D eigenvalue weighted by Gasteiger charge is 2.46. The molecule has 0 saturated carbocycles. The van der Waals surface area contributed by atoms with Crippen LogP contribution in [0.25, 0.3) is 0 Å². The molecule has 0 spiro atoms. The van der Waals surface area contributed by atoms with Crippen LogP contribution in [0.1, 0.15) is 76.1 Å². The van der Waals surface area contributed by atoms with Crippen molar-refractivity contribution < 1.29 is 37.0 Å². The summed E-state index contributed by atoms with van der Waals surface area (Å²) in [6, 6.07) is 1.19. The average molecular weight is 637 g/mol. The van der Waals surface area contributed by atoms with E-state index < -0.39 is 22.8 Å². The van der Waals surface area contributed by atoms with E-state index in [2.05, 4.69) is 16.4 Å². The van der Waals surface area contributed by atoms with Crippen LogP contribution in [0.4, 0.5) is 18.0 Å². The summed E-state index contributed by atoms with van der Waals surface area (Å²) in [5, 5.41) is 3.69. The van der Waals surface area contributed by atoms with Gasteiger partial charge in [-0.3, -0.25) is 9.78 Å². The molecular formula is C33H47F3N4O5. The predicted molar refractivity (Wildman–Crippen MR) is 161 cm³/mol. The van der Waals surface area contributed by atoms with Gasteiger partial charge in [-0.1, -0.05) is 12.2 Å². The number of hydrogen-bond donors (Lipinski definition) is 1. The first kappa shape index (κ1) is 33.7. The molecule has 2 amide bonds. The third kappa shape index (κ3) is 8.18. The number of ether oxygens (including phenoxy) is 3. The Morgan fingerprint density at radius 3 is 2.58 bits per heavy atom. The summed E-state index contributed by atoms with van der Waals surface area (Å²) in [7, 11) is 1.67. The van der Waals surface area contributed by atoms with Crippen LogP contribution in [-0.2, 0) is 38.1 Å². The molecule has 1 aromatic rings. The Bertz CT molecular complexity index is 1240. The van der Waals surface area contributed by atoms with Crippen molar-refractivity contribution in [3.05, 3.63) is 41.2 Å². The quantitative estimate of drug-likeness (QED) is 0.416. The van der Waals surface area contributed by atoms with Crippen molar-refractivity contribution in [2.75, 3.05) is 40.0 Å². The van der Waals surface area contributed by atoms with Gasteiger partial charge in [-0.05, 0) is 76.8 Å². The Labute approximate surface area is 263 Å². The maximum absolute atomic E-state index is 14.4. The largest absolute Gasteiger partial charge is 0.444 e. The van der Waals surface area contributed by atoms with E-state index in [-0.39, 0.29) is 36.7 Å². The number of fused-ring (bicyclic) bond motifs is 1. The minimum atomic E-state index is -4.49. The molecule has 5 rings (SSSR count). The number of carbonyl (C=O) groups is 2. The molecule has 12 heteroatoms. The number of carbonyl (C=O) groups excluding carboxylic acids is 2. The number of hydrogen-bond acceptors (Lipinski definition) is 7. The lowest BCUT2D eigenvalue weighted by atomic mass is 9.76. The third-order valence-electron chi connectivity index (χ3n) is 9.61. The van der Waals surface area contributed by atoms with Crippen LogP contribution in [0.2, 0.25) is 0 Å². The fourth-order valence-corrected chi connectivity index (χ4v) is 7.07. The molecule has 4 aliphatic rings. The van der Waals surface area contributed by atoms with E-state index in [1.807, 2.05) is 26.8 Å². The first-order valence-corrected chi connectivity index (χ1v) is 16.1. The van der Waals surface area contributed by atoms with E-state index in [0.29, 0.717) is 69.3 Å². The van der Waals surface area contributed by atoms with Crippen LogP contribution in [0.5, 0.6) is 0 Å². The number of nitrogens with zero attached hydrogens (tertiary/aromatic N) is 3. The molecule has 0 aromatic carbocycles. The number of amides is 2. The van der Waals surface area contributed by atoms with Crippen molar-refractivity contribution in [1.82, 2.24) is 20.1 Å². The molecule has 0 radical (unpaired) electrons. The van der Waals surface area contributed by atoms with Crippen molar-refractivity contribution in [2.24, 2.45) is 11.3 Å². The van der Waals surface area contributed by atoms with Gasteiger partial charge < -0.3 is 29.3 Å². The number of aromatic nitrogens is 1. The van der Waals surface area contributed by atoms with Crippen molar-refractivity contribution in [2.45, 2.75) is 102 Å². The predicted octanol–water partition coefficient (Wildman–Crippen LogP) is 5.12. The van der Waals surface area contributed by atoms with Crippen molar-refractivity contribution in [1.29, 1.82) is 0 Å². The highest BCUT2D eigenvalue weighted by atomic mass is 19.4. The highest BCUT2D eigenvalue weighted by Crippen LogP contribution is 2.42. The van der Waals surface area contributed by atoms with E-state index in [0.717, 1.165) is 37.9 Å². The minimum absolute atomic E-state index is 0.0423. The molecule has 2 fully saturated rings. The van der Waals surface area contributed by atoms with Crippen LogP contribution in [-0.4, -0.2) is 90.5 Å². The van der Waals surface area contributed by atoms with Gasteiger partial charge in [0.15, 0.2) is 0 Å². The van der Waals surface area contributed by atoms with Gasteiger partial charge in [0.2, 0.25) is 5.91 Å². The number of methoxy groups -OCH3 is 1. The van der Waals surface area contributed by atoms with Crippen molar-refractivity contribution in [3.63, 3.8) is 0 Å². The highest BCUT2D eigenvalue weighted by molar-refractivity contribution is 5.85. The van der Waals surface area contributed by atoms with Crippen molar-refractivity contribution in [3.8, 4) is 0 Å². The monoisotopic (exact) mass is 636 g/mol. The average Bonchev–Trinajstić information content (AvgIpc) is 3.42. The normalized spacial score (nSPS) is 27.8. The Balaban J connectivity index is 1.28. The van der Waals surface area contributed by atoms with E-state index >= 15 is 0 Å². The first-order chi connectivity index (χ1) is 21.3. The molecule has 2 saturated heterocycles. The van der Waals surface area contributed by atoms with E-state index in [9.17, 15) is 22.8 Å². The molecule has 3 aliphatic heterocycles. The molecule has 250 valence electrons. The molecule has 1 N–H and O–H groups in total. The Morgan fingerprint density at radius 1 is 1.13 bits per heavy atom. The van der Waals surface area contributed by atoms with Crippen LogP contribution >= 0.6 is 0 Å². The van der Waals surface area contributed by atoms with Gasteiger partial charge in [0.25, 0.3) is 0 Å². The minimum Gasteiger partial charge on any atom is -0.444 e. The fraction of sp³-hybridized carbons (Fsp3) is 0.727. The Kier molecular flexibility index (Phi) is 10.2. The van der Waals surface area contributed by atoms with Gasteiger partial charge in [-0.25, -0.2) is 4.79 Å². The van der Waals surface area contributed by atoms with Gasteiger partial charge in [0.1, 0.15) is 5.60 Å². The maximum Gasteiger partial charge on any atom is 0.417 e. The first-order valence-electron chi connectivity index (χ1n) is 16.1. The van der Waals surface area contributed by atoms with Gasteiger partial charge in [-0.2, -0.15) is 13.2 Å². The van der Waals surface area contributed by atoms with Crippen LogP contribution in [0, 0.1) is 11.3 Å². The van der Waals surface area contributed by atoms with Crippen LogP contribution in [0.3, 0.4) is 0 Å². The van der Waals surface area contributed by atoms with Crippen molar-refractivity contribution >= 4 is 12.0 Å². The number of likely N-dealkylation sites (tertiary alicyclic amines) is 1. The summed E-state index contributed by atoms with van der Waals surface area (Å²) < 4.78 is 57.1. The summed E-state index contributed by atoms with van der Waals surface area (Å²) in [5.74, 6) is 0.301. The van der Waals surface area contributed by atoms with E-state index in [1.165, 1.54) is 0 Å². The number of nitrogens with one attached hydrogen (secondary N) is 1. The maximum atomic E-state index is 14.4. The van der Waals surface area contributed by atoms with Gasteiger partial charge in [-0.15, -0.1) is 0 Å². The summed E-state index contributed by atoms with van der Waals surface area (Å²) in [4.78, 5) is 34.5. The number of rotatable bonds is 7. The SMILES string of the molecule is CO[C@@H]1COCC[C@@H]1N[C@@H]1C=C[C@](CCC2CCN(C(=O)OC(C)(C)C)CC2)(C(=O)N2CCc3ncc(C(F)(F)F)cc3C2)C1. The fourth-order valence-electron chi connectivity index (χ4n) is 7.07. The zero-order valence-electron chi connectivity index (χ0n) is 26.8. The van der Waals surface area contributed by atoms with Gasteiger partial charge in [0, 0.05) is 70.3 Å². The van der Waals surface area contributed by atoms with E-state index in [1.54, 1.807) is 16.9 Å². The lowest BCUT2D eigenvalue weighted by Crippen LogP contribution is -2.51. The van der Waals surface area contributed by atoms with E-state index in [4.69, 9.17) is 14.2 Å². The molecule has 4 heterocycles. The summed E-state index contributed by atoms with van der Waals surface area (Å²) in [6.45, 7) is 8.47. The second kappa shape index (κ2) is 13.6. The topological polar surface area (TPSA) is 93.2 Å².